The molecule has 42 heavy (non-hydrogen) atoms. The molecule has 3 heterocycles. The van der Waals surface area contributed by atoms with Gasteiger partial charge in [0.05, 0.1) is 18.4 Å². The fourth-order valence-electron chi connectivity index (χ4n) is 3.57. The lowest BCUT2D eigenvalue weighted by molar-refractivity contribution is -0.139. The van der Waals surface area contributed by atoms with E-state index in [1.54, 1.807) is 12.1 Å². The van der Waals surface area contributed by atoms with Crippen LogP contribution in [0, 0.1) is 5.95 Å². The molecular formula is C25H23FN10O6. The van der Waals surface area contributed by atoms with Crippen molar-refractivity contribution < 1.29 is 28.7 Å². The van der Waals surface area contributed by atoms with E-state index in [4.69, 9.17) is 5.73 Å². The van der Waals surface area contributed by atoms with Crippen molar-refractivity contribution >= 4 is 46.5 Å². The Morgan fingerprint density at radius 3 is 2.48 bits per heavy atom. The van der Waals surface area contributed by atoms with Crippen molar-refractivity contribution in [3.8, 4) is 0 Å². The number of nitrogens with one attached hydrogen (secondary N) is 5. The van der Waals surface area contributed by atoms with Gasteiger partial charge in [0.2, 0.25) is 17.8 Å². The van der Waals surface area contributed by atoms with Gasteiger partial charge in [-0.3, -0.25) is 35.0 Å². The number of rotatable bonds is 10. The van der Waals surface area contributed by atoms with Crippen LogP contribution < -0.4 is 32.8 Å². The van der Waals surface area contributed by atoms with Crippen LogP contribution >= 0.6 is 0 Å². The standard InChI is InChI=1S/C25H23FN10O6/c26-17-9-13(7-8-28-17)22(39)36-35-18(37)6-5-16(24(41)42)32-21(38)12-1-3-14(4-2-12)29-10-15-11-30-20-19(31-15)23(40)34-25(27)33-20/h1-4,7-9,11,16,29H,5-6,10H2,(H,32,38)(H,35,37)(H,36,39)(H,41,42)(H3,27,30,33,34,40)/i26-1. The van der Waals surface area contributed by atoms with Gasteiger partial charge < -0.3 is 21.5 Å². The number of aromatic amines is 1. The minimum absolute atomic E-state index is 0.0346. The third-order valence-corrected chi connectivity index (χ3v) is 5.67. The van der Waals surface area contributed by atoms with Crippen molar-refractivity contribution in [2.75, 3.05) is 11.1 Å². The molecule has 4 rings (SSSR count). The summed E-state index contributed by atoms with van der Waals surface area (Å²) in [6.45, 7) is 0.196. The van der Waals surface area contributed by atoms with E-state index in [0.717, 1.165) is 12.3 Å². The second kappa shape index (κ2) is 12.9. The zero-order chi connectivity index (χ0) is 30.2. The molecule has 0 saturated carbocycles. The van der Waals surface area contributed by atoms with Crippen LogP contribution in [0.1, 0.15) is 39.3 Å². The monoisotopic (exact) mass is 577 g/mol. The summed E-state index contributed by atoms with van der Waals surface area (Å²) >= 11 is 0. The molecule has 17 heteroatoms. The number of nitrogens with zero attached hydrogens (tertiary/aromatic N) is 4. The average molecular weight is 578 g/mol. The van der Waals surface area contributed by atoms with Gasteiger partial charge in [-0.2, -0.15) is 9.37 Å². The number of benzene rings is 1. The van der Waals surface area contributed by atoms with Gasteiger partial charge in [-0.25, -0.2) is 19.7 Å². The first kappa shape index (κ1) is 29.0. The molecule has 8 N–H and O–H groups in total. The van der Waals surface area contributed by atoms with E-state index in [-0.39, 0.29) is 47.6 Å². The summed E-state index contributed by atoms with van der Waals surface area (Å²) in [6, 6.07) is 6.80. The number of aliphatic carboxylic acids is 1. The number of carbonyl (C=O) groups excluding carboxylic acids is 3. The van der Waals surface area contributed by atoms with Crippen molar-refractivity contribution in [2.24, 2.45) is 0 Å². The first-order chi connectivity index (χ1) is 20.1. The first-order valence-electron chi connectivity index (χ1n) is 12.2. The smallest absolute Gasteiger partial charge is 0.326 e. The number of nitrogens with two attached hydrogens (primary N) is 1. The molecule has 0 fully saturated rings. The van der Waals surface area contributed by atoms with Crippen LogP contribution in [0.4, 0.5) is 16.0 Å². The number of H-pyrrole nitrogens is 1. The van der Waals surface area contributed by atoms with E-state index in [2.05, 4.69) is 46.4 Å². The lowest BCUT2D eigenvalue weighted by atomic mass is 10.1. The summed E-state index contributed by atoms with van der Waals surface area (Å²) in [5, 5.41) is 14.9. The number of carbonyl (C=O) groups is 4. The number of anilines is 2. The van der Waals surface area contributed by atoms with Crippen LogP contribution in [0.3, 0.4) is 0 Å². The normalized spacial score (nSPS) is 11.4. The number of halogens is 1. The summed E-state index contributed by atoms with van der Waals surface area (Å²) in [7, 11) is 0. The zero-order valence-corrected chi connectivity index (χ0v) is 21.6. The largest absolute Gasteiger partial charge is 0.480 e. The molecule has 16 nitrogen and oxygen atoms in total. The van der Waals surface area contributed by atoms with Crippen LogP contribution in [0.25, 0.3) is 11.2 Å². The summed E-state index contributed by atoms with van der Waals surface area (Å²) in [6.07, 6.45) is 1.89. The summed E-state index contributed by atoms with van der Waals surface area (Å²) in [5.74, 6) is -4.52. The quantitative estimate of drug-likeness (QED) is 0.0962. The Balaban J connectivity index is 1.26. The Morgan fingerprint density at radius 1 is 1.00 bits per heavy atom. The number of carboxylic acid groups (broad SMARTS) is 1. The molecule has 1 unspecified atom stereocenters. The molecule has 1 aromatic carbocycles. The van der Waals surface area contributed by atoms with Gasteiger partial charge in [-0.15, -0.1) is 0 Å². The van der Waals surface area contributed by atoms with Gasteiger partial charge in [0.25, 0.3) is 17.4 Å². The Hall–Kier alpha value is -6.00. The van der Waals surface area contributed by atoms with Crippen LogP contribution in [0.2, 0.25) is 0 Å². The molecule has 0 aliphatic heterocycles. The molecule has 3 amide bonds. The highest BCUT2D eigenvalue weighted by atomic mass is 18.2. The SMILES string of the molecule is Nc1nc2ncc(CNc3ccc(C(=O)NC(CCC(=O)NNC(=O)c4ccnc([18F])c4)C(=O)O)cc3)nc2c(=O)[nH]1. The van der Waals surface area contributed by atoms with E-state index in [1.165, 1.54) is 24.4 Å². The highest BCUT2D eigenvalue weighted by Crippen LogP contribution is 2.12. The number of fused-ring (bicyclic) bond motifs is 1. The van der Waals surface area contributed by atoms with E-state index in [9.17, 15) is 33.5 Å². The van der Waals surface area contributed by atoms with Gasteiger partial charge in [0.15, 0.2) is 11.2 Å². The number of amides is 3. The number of hydrazine groups is 1. The minimum Gasteiger partial charge on any atom is -0.480 e. The maximum Gasteiger partial charge on any atom is 0.326 e. The third-order valence-electron chi connectivity index (χ3n) is 5.67. The molecular weight excluding hydrogens is 554 g/mol. The number of hydrogen-bond acceptors (Lipinski definition) is 11. The molecule has 3 aromatic heterocycles. The number of pyridine rings is 1. The highest BCUT2D eigenvalue weighted by molar-refractivity contribution is 5.97. The Bertz CT molecular complexity index is 1710. The van der Waals surface area contributed by atoms with E-state index in [0.29, 0.717) is 11.4 Å². The highest BCUT2D eigenvalue weighted by Gasteiger charge is 2.22. The van der Waals surface area contributed by atoms with E-state index >= 15 is 0 Å². The second-order valence-corrected chi connectivity index (χ2v) is 8.69. The molecule has 0 radical (unpaired) electrons. The van der Waals surface area contributed by atoms with Crippen LogP contribution in [0.15, 0.2) is 53.6 Å². The topological polar surface area (TPSA) is 247 Å². The number of nitrogen functional groups attached to an aromatic ring is 1. The second-order valence-electron chi connectivity index (χ2n) is 8.69. The average Bonchev–Trinajstić information content (AvgIpc) is 2.97. The van der Waals surface area contributed by atoms with Gasteiger partial charge in [0.1, 0.15) is 6.04 Å². The summed E-state index contributed by atoms with van der Waals surface area (Å²) in [5.41, 5.74) is 10.4. The molecule has 0 bridgehead atoms. The molecule has 1 atom stereocenters. The van der Waals surface area contributed by atoms with Crippen LogP contribution in [0.5, 0.6) is 0 Å². The maximum absolute atomic E-state index is 13.1. The van der Waals surface area contributed by atoms with Gasteiger partial charge in [0, 0.05) is 35.5 Å². The van der Waals surface area contributed by atoms with E-state index in [1.807, 2.05) is 0 Å². The molecule has 216 valence electrons. The van der Waals surface area contributed by atoms with Crippen LogP contribution in [-0.2, 0) is 16.1 Å². The zero-order valence-electron chi connectivity index (χ0n) is 21.6. The predicted molar refractivity (Wildman–Crippen MR) is 144 cm³/mol. The lowest BCUT2D eigenvalue weighted by Crippen LogP contribution is -2.44. The minimum atomic E-state index is -1.40. The van der Waals surface area contributed by atoms with Crippen molar-refractivity contribution in [1.29, 1.82) is 0 Å². The molecule has 4 aromatic rings. The first-order valence-corrected chi connectivity index (χ1v) is 12.2. The van der Waals surface area contributed by atoms with Gasteiger partial charge in [-0.1, -0.05) is 0 Å². The number of carboxylic acids is 1. The Kier molecular flexibility index (Phi) is 8.91. The lowest BCUT2D eigenvalue weighted by Gasteiger charge is -2.15. The Labute approximate surface area is 235 Å². The molecule has 0 aliphatic rings. The summed E-state index contributed by atoms with van der Waals surface area (Å²) < 4.78 is 13.1. The predicted octanol–water partition coefficient (Wildman–Crippen LogP) is -0.134. The maximum atomic E-state index is 13.1. The number of aromatic nitrogens is 5. The van der Waals surface area contributed by atoms with Crippen molar-refractivity contribution in [3.63, 3.8) is 0 Å². The fraction of sp³-hybridized carbons (Fsp3) is 0.160. The van der Waals surface area contributed by atoms with Gasteiger partial charge >= 0.3 is 5.97 Å². The van der Waals surface area contributed by atoms with Crippen LogP contribution in [-0.4, -0.2) is 59.8 Å². The third kappa shape index (κ3) is 7.56. The summed E-state index contributed by atoms with van der Waals surface area (Å²) in [4.78, 5) is 78.2. The molecule has 0 spiro atoms. The molecule has 0 aliphatic carbocycles. The fourth-order valence-corrected chi connectivity index (χ4v) is 3.57. The number of hydrogen-bond donors (Lipinski definition) is 7. The van der Waals surface area contributed by atoms with Crippen molar-refractivity contribution in [3.05, 3.63) is 81.9 Å². The molecule has 0 saturated heterocycles. The van der Waals surface area contributed by atoms with Crippen molar-refractivity contribution in [2.45, 2.75) is 25.4 Å². The van der Waals surface area contributed by atoms with E-state index < -0.39 is 41.2 Å². The van der Waals surface area contributed by atoms with Crippen molar-refractivity contribution in [1.82, 2.24) is 41.1 Å². The Morgan fingerprint density at radius 2 is 1.76 bits per heavy atom. The van der Waals surface area contributed by atoms with Gasteiger partial charge in [-0.05, 0) is 36.8 Å².